The SMILES string of the molecule is CC[C@H]1CN(C(=O)Cn2ncc3c(=O)[nH]cnc32)C[C@H]1N(C)C. The maximum atomic E-state index is 12.6. The lowest BCUT2D eigenvalue weighted by atomic mass is 10.0. The fourth-order valence-electron chi connectivity index (χ4n) is 3.29. The topological polar surface area (TPSA) is 87.1 Å². The molecule has 0 aliphatic carbocycles. The Morgan fingerprint density at radius 3 is 2.87 bits per heavy atom. The number of likely N-dealkylation sites (N-methyl/N-ethyl adjacent to an activating group) is 1. The smallest absolute Gasteiger partial charge is 0.261 e. The lowest BCUT2D eigenvalue weighted by molar-refractivity contribution is -0.131. The molecule has 2 atom stereocenters. The van der Waals surface area contributed by atoms with Crippen molar-refractivity contribution in [3.05, 3.63) is 22.9 Å². The largest absolute Gasteiger partial charge is 0.339 e. The molecule has 0 aromatic carbocycles. The molecule has 1 aliphatic rings. The molecule has 23 heavy (non-hydrogen) atoms. The zero-order chi connectivity index (χ0) is 16.6. The Hall–Kier alpha value is -2.22. The minimum absolute atomic E-state index is 0.0138. The third-order valence-electron chi connectivity index (χ3n) is 4.67. The highest BCUT2D eigenvalue weighted by Crippen LogP contribution is 2.23. The first kappa shape index (κ1) is 15.7. The van der Waals surface area contributed by atoms with Crippen LogP contribution in [0.4, 0.5) is 0 Å². The van der Waals surface area contributed by atoms with Crippen molar-refractivity contribution in [2.45, 2.75) is 25.9 Å². The average molecular weight is 318 g/mol. The molecule has 8 nitrogen and oxygen atoms in total. The van der Waals surface area contributed by atoms with Gasteiger partial charge >= 0.3 is 0 Å². The number of fused-ring (bicyclic) bond motifs is 1. The minimum Gasteiger partial charge on any atom is -0.339 e. The summed E-state index contributed by atoms with van der Waals surface area (Å²) in [6, 6.07) is 0.388. The second-order valence-electron chi connectivity index (χ2n) is 6.27. The third kappa shape index (κ3) is 2.86. The number of nitrogens with one attached hydrogen (secondary N) is 1. The summed E-state index contributed by atoms with van der Waals surface area (Å²) in [4.78, 5) is 35.0. The van der Waals surface area contributed by atoms with Gasteiger partial charge in [0.15, 0.2) is 5.65 Å². The molecule has 1 fully saturated rings. The van der Waals surface area contributed by atoms with Gasteiger partial charge in [-0.05, 0) is 20.0 Å². The molecule has 3 heterocycles. The normalized spacial score (nSPS) is 21.5. The van der Waals surface area contributed by atoms with Crippen LogP contribution in [0.3, 0.4) is 0 Å². The molecule has 1 aliphatic heterocycles. The highest BCUT2D eigenvalue weighted by atomic mass is 16.2. The number of aromatic nitrogens is 4. The summed E-state index contributed by atoms with van der Waals surface area (Å²) in [6.45, 7) is 3.77. The molecule has 1 amide bonds. The first-order valence-electron chi connectivity index (χ1n) is 7.84. The van der Waals surface area contributed by atoms with Crippen LogP contribution in [0.5, 0.6) is 0 Å². The van der Waals surface area contributed by atoms with E-state index in [2.05, 4.69) is 41.0 Å². The van der Waals surface area contributed by atoms with Gasteiger partial charge in [-0.3, -0.25) is 9.59 Å². The first-order valence-corrected chi connectivity index (χ1v) is 7.84. The Morgan fingerprint density at radius 2 is 2.22 bits per heavy atom. The van der Waals surface area contributed by atoms with Crippen LogP contribution >= 0.6 is 0 Å². The zero-order valence-corrected chi connectivity index (χ0v) is 13.7. The van der Waals surface area contributed by atoms with Crippen molar-refractivity contribution in [1.29, 1.82) is 0 Å². The van der Waals surface area contributed by atoms with E-state index >= 15 is 0 Å². The van der Waals surface area contributed by atoms with Gasteiger partial charge in [0.25, 0.3) is 5.56 Å². The van der Waals surface area contributed by atoms with Crippen LogP contribution in [0.15, 0.2) is 17.3 Å². The molecule has 3 rings (SSSR count). The van der Waals surface area contributed by atoms with Crippen LogP contribution in [0.25, 0.3) is 11.0 Å². The second-order valence-corrected chi connectivity index (χ2v) is 6.27. The number of hydrogen-bond donors (Lipinski definition) is 1. The first-order chi connectivity index (χ1) is 11.0. The number of rotatable bonds is 4. The molecule has 0 spiro atoms. The van der Waals surface area contributed by atoms with Gasteiger partial charge in [-0.15, -0.1) is 0 Å². The van der Waals surface area contributed by atoms with Crippen molar-refractivity contribution in [1.82, 2.24) is 29.5 Å². The summed E-state index contributed by atoms with van der Waals surface area (Å²) < 4.78 is 1.50. The number of H-pyrrole nitrogens is 1. The van der Waals surface area contributed by atoms with E-state index in [1.165, 1.54) is 17.2 Å². The fourth-order valence-corrected chi connectivity index (χ4v) is 3.29. The van der Waals surface area contributed by atoms with Gasteiger partial charge in [0, 0.05) is 19.1 Å². The van der Waals surface area contributed by atoms with Crippen molar-refractivity contribution >= 4 is 16.9 Å². The molecule has 0 saturated carbocycles. The zero-order valence-electron chi connectivity index (χ0n) is 13.7. The van der Waals surface area contributed by atoms with Crippen LogP contribution in [0.1, 0.15) is 13.3 Å². The Balaban J connectivity index is 1.77. The molecule has 8 heteroatoms. The molecule has 1 saturated heterocycles. The molecule has 2 aromatic rings. The maximum Gasteiger partial charge on any atom is 0.261 e. The van der Waals surface area contributed by atoms with Crippen LogP contribution in [0.2, 0.25) is 0 Å². The van der Waals surface area contributed by atoms with Crippen LogP contribution in [0, 0.1) is 5.92 Å². The predicted octanol–water partition coefficient (Wildman–Crippen LogP) is -0.0818. The molecule has 0 radical (unpaired) electrons. The van der Waals surface area contributed by atoms with Gasteiger partial charge in [-0.1, -0.05) is 13.3 Å². The van der Waals surface area contributed by atoms with E-state index in [1.807, 2.05) is 4.90 Å². The molecule has 0 bridgehead atoms. The number of hydrogen-bond acceptors (Lipinski definition) is 5. The van der Waals surface area contributed by atoms with E-state index in [1.54, 1.807) is 0 Å². The molecule has 124 valence electrons. The van der Waals surface area contributed by atoms with Gasteiger partial charge in [0.2, 0.25) is 5.91 Å². The number of carbonyl (C=O) groups is 1. The van der Waals surface area contributed by atoms with Gasteiger partial charge < -0.3 is 14.8 Å². The van der Waals surface area contributed by atoms with Crippen molar-refractivity contribution in [2.75, 3.05) is 27.2 Å². The monoisotopic (exact) mass is 318 g/mol. The summed E-state index contributed by atoms with van der Waals surface area (Å²) >= 11 is 0. The number of likely N-dealkylation sites (tertiary alicyclic amines) is 1. The second kappa shape index (κ2) is 6.11. The number of carbonyl (C=O) groups excluding carboxylic acids is 1. The van der Waals surface area contributed by atoms with E-state index in [0.717, 1.165) is 19.5 Å². The van der Waals surface area contributed by atoms with E-state index in [-0.39, 0.29) is 18.0 Å². The number of amides is 1. The van der Waals surface area contributed by atoms with E-state index in [4.69, 9.17) is 0 Å². The van der Waals surface area contributed by atoms with Gasteiger partial charge in [0.1, 0.15) is 11.9 Å². The van der Waals surface area contributed by atoms with Crippen molar-refractivity contribution in [3.8, 4) is 0 Å². The highest BCUT2D eigenvalue weighted by Gasteiger charge is 2.35. The van der Waals surface area contributed by atoms with Gasteiger partial charge in [-0.25, -0.2) is 9.67 Å². The fraction of sp³-hybridized carbons (Fsp3) is 0.600. The van der Waals surface area contributed by atoms with Gasteiger partial charge in [-0.2, -0.15) is 5.10 Å². The molecular formula is C15H22N6O2. The Morgan fingerprint density at radius 1 is 1.43 bits per heavy atom. The van der Waals surface area contributed by atoms with Crippen molar-refractivity contribution in [2.24, 2.45) is 5.92 Å². The number of nitrogens with zero attached hydrogens (tertiary/aromatic N) is 5. The Labute approximate surface area is 134 Å². The van der Waals surface area contributed by atoms with E-state index < -0.39 is 0 Å². The average Bonchev–Trinajstić information content (AvgIpc) is 3.12. The Bertz CT molecular complexity index is 765. The minimum atomic E-state index is -0.242. The highest BCUT2D eigenvalue weighted by molar-refractivity contribution is 5.79. The molecule has 1 N–H and O–H groups in total. The lowest BCUT2D eigenvalue weighted by Gasteiger charge is -2.23. The summed E-state index contributed by atoms with van der Waals surface area (Å²) in [5.41, 5.74) is 0.200. The summed E-state index contributed by atoms with van der Waals surface area (Å²) in [5.74, 6) is 0.504. The Kier molecular flexibility index (Phi) is 4.16. The van der Waals surface area contributed by atoms with E-state index in [9.17, 15) is 9.59 Å². The van der Waals surface area contributed by atoms with Crippen LogP contribution in [-0.2, 0) is 11.3 Å². The maximum absolute atomic E-state index is 12.6. The standard InChI is InChI=1S/C15H22N6O2/c1-4-10-6-20(7-12(10)19(2)3)13(22)8-21-14-11(5-18-21)15(23)17-9-16-14/h5,9-10,12H,4,6-8H2,1-3H3,(H,16,17,23)/t10-,12+/m0/s1. The summed E-state index contributed by atoms with van der Waals surface area (Å²) in [7, 11) is 4.11. The van der Waals surface area contributed by atoms with Crippen molar-refractivity contribution in [3.63, 3.8) is 0 Å². The van der Waals surface area contributed by atoms with E-state index in [0.29, 0.717) is 23.0 Å². The summed E-state index contributed by atoms with van der Waals surface area (Å²) in [5, 5.41) is 4.54. The molecule has 0 unspecified atom stereocenters. The predicted molar refractivity (Wildman–Crippen MR) is 86.0 cm³/mol. The van der Waals surface area contributed by atoms with Crippen LogP contribution in [-0.4, -0.2) is 68.7 Å². The third-order valence-corrected chi connectivity index (χ3v) is 4.67. The molecular weight excluding hydrogens is 296 g/mol. The number of aromatic amines is 1. The van der Waals surface area contributed by atoms with Gasteiger partial charge in [0.05, 0.1) is 12.5 Å². The van der Waals surface area contributed by atoms with Crippen LogP contribution < -0.4 is 5.56 Å². The summed E-state index contributed by atoms with van der Waals surface area (Å²) in [6.07, 6.45) is 3.84. The van der Waals surface area contributed by atoms with Crippen molar-refractivity contribution < 1.29 is 4.79 Å². The molecule has 2 aromatic heterocycles. The quantitative estimate of drug-likeness (QED) is 0.852. The lowest BCUT2D eigenvalue weighted by Crippen LogP contribution is -2.37.